The van der Waals surface area contributed by atoms with Gasteiger partial charge in [0.15, 0.2) is 0 Å². The Kier molecular flexibility index (Phi) is 3.46. The molecular formula is C14H22N2O. The second-order valence-electron chi connectivity index (χ2n) is 4.61. The maximum Gasteiger partial charge on any atom is 0.121 e. The van der Waals surface area contributed by atoms with Crippen molar-refractivity contribution in [1.29, 1.82) is 0 Å². The van der Waals surface area contributed by atoms with Crippen LogP contribution in [0.2, 0.25) is 0 Å². The summed E-state index contributed by atoms with van der Waals surface area (Å²) in [6.07, 6.45) is 2.26. The van der Waals surface area contributed by atoms with Gasteiger partial charge in [0, 0.05) is 12.6 Å². The number of rotatable bonds is 4. The molecule has 0 atom stereocenters. The number of anilines is 2. The molecule has 2 N–H and O–H groups in total. The number of fused-ring (bicyclic) bond motifs is 1. The van der Waals surface area contributed by atoms with Crippen LogP contribution in [0.5, 0.6) is 5.75 Å². The van der Waals surface area contributed by atoms with E-state index in [4.69, 9.17) is 4.74 Å². The summed E-state index contributed by atoms with van der Waals surface area (Å²) in [6.45, 7) is 8.16. The summed E-state index contributed by atoms with van der Waals surface area (Å²) in [6, 6.07) is 6.20. The van der Waals surface area contributed by atoms with Crippen molar-refractivity contribution in [3.63, 3.8) is 0 Å². The van der Waals surface area contributed by atoms with Crippen LogP contribution in [-0.2, 0) is 0 Å². The highest BCUT2D eigenvalue weighted by molar-refractivity contribution is 5.74. The monoisotopic (exact) mass is 234 g/mol. The fourth-order valence-corrected chi connectivity index (χ4v) is 2.31. The first kappa shape index (κ1) is 12.1. The molecule has 1 aliphatic rings. The minimum atomic E-state index is 0.195. The first-order chi connectivity index (χ1) is 8.23. The molecule has 17 heavy (non-hydrogen) atoms. The van der Waals surface area contributed by atoms with Gasteiger partial charge in [-0.25, -0.2) is 0 Å². The van der Waals surface area contributed by atoms with Gasteiger partial charge in [0.1, 0.15) is 5.75 Å². The van der Waals surface area contributed by atoms with Gasteiger partial charge < -0.3 is 15.4 Å². The zero-order valence-electron chi connectivity index (χ0n) is 11.0. The molecule has 0 amide bonds. The Labute approximate surface area is 104 Å². The molecule has 94 valence electrons. The zero-order valence-corrected chi connectivity index (χ0v) is 11.0. The van der Waals surface area contributed by atoms with E-state index in [2.05, 4.69) is 36.6 Å². The molecular weight excluding hydrogens is 212 g/mol. The summed E-state index contributed by atoms with van der Waals surface area (Å²) in [5, 5.41) is 7.17. The Morgan fingerprint density at radius 1 is 1.18 bits per heavy atom. The zero-order chi connectivity index (χ0) is 12.3. The van der Waals surface area contributed by atoms with Gasteiger partial charge >= 0.3 is 0 Å². The van der Waals surface area contributed by atoms with E-state index in [0.717, 1.165) is 30.8 Å². The minimum absolute atomic E-state index is 0.195. The Bertz CT molecular complexity index is 386. The van der Waals surface area contributed by atoms with Crippen molar-refractivity contribution in [1.82, 2.24) is 0 Å². The minimum Gasteiger partial charge on any atom is -0.494 e. The van der Waals surface area contributed by atoms with Crippen molar-refractivity contribution in [2.24, 2.45) is 0 Å². The van der Waals surface area contributed by atoms with Crippen molar-refractivity contribution in [2.75, 3.05) is 23.8 Å². The number of ether oxygens (including phenoxy) is 1. The summed E-state index contributed by atoms with van der Waals surface area (Å²) in [5.74, 6) is 0.932. The van der Waals surface area contributed by atoms with Crippen molar-refractivity contribution in [2.45, 2.75) is 39.2 Å². The van der Waals surface area contributed by atoms with Crippen LogP contribution < -0.4 is 15.4 Å². The Balaban J connectivity index is 2.22. The number of hydrogen-bond donors (Lipinski definition) is 2. The number of benzene rings is 1. The highest BCUT2D eigenvalue weighted by atomic mass is 16.5. The molecule has 3 heteroatoms. The first-order valence-corrected chi connectivity index (χ1v) is 6.52. The molecule has 0 bridgehead atoms. The van der Waals surface area contributed by atoms with Crippen LogP contribution in [0.3, 0.4) is 0 Å². The summed E-state index contributed by atoms with van der Waals surface area (Å²) < 4.78 is 5.51. The van der Waals surface area contributed by atoms with Gasteiger partial charge in [0.2, 0.25) is 0 Å². The lowest BCUT2D eigenvalue weighted by molar-refractivity contribution is 0.340. The maximum atomic E-state index is 5.51. The molecule has 1 aliphatic heterocycles. The summed E-state index contributed by atoms with van der Waals surface area (Å²) in [5.41, 5.74) is 2.53. The lowest BCUT2D eigenvalue weighted by Crippen LogP contribution is -2.46. The van der Waals surface area contributed by atoms with Gasteiger partial charge in [-0.15, -0.1) is 0 Å². The Hall–Kier alpha value is -1.38. The van der Waals surface area contributed by atoms with E-state index in [1.54, 1.807) is 0 Å². The van der Waals surface area contributed by atoms with E-state index in [0.29, 0.717) is 6.61 Å². The van der Waals surface area contributed by atoms with Gasteiger partial charge in [-0.1, -0.05) is 13.8 Å². The van der Waals surface area contributed by atoms with Crippen LogP contribution >= 0.6 is 0 Å². The van der Waals surface area contributed by atoms with E-state index in [1.165, 1.54) is 5.69 Å². The van der Waals surface area contributed by atoms with Crippen molar-refractivity contribution in [3.05, 3.63) is 18.2 Å². The highest BCUT2D eigenvalue weighted by Gasteiger charge is 2.30. The van der Waals surface area contributed by atoms with E-state index >= 15 is 0 Å². The standard InChI is InChI=1S/C14H22N2O/c1-4-14(5-2)10-15-13-9-11(17-6-3)7-8-12(13)16-14/h7-9,15-16H,4-6,10H2,1-3H3. The third-order valence-electron chi connectivity index (χ3n) is 3.67. The lowest BCUT2D eigenvalue weighted by Gasteiger charge is -2.39. The SMILES string of the molecule is CCOc1ccc2c(c1)NCC(CC)(CC)N2. The molecule has 0 fully saturated rings. The molecule has 1 aromatic carbocycles. The average Bonchev–Trinajstić information content (AvgIpc) is 2.38. The van der Waals surface area contributed by atoms with E-state index in [9.17, 15) is 0 Å². The molecule has 0 spiro atoms. The summed E-state index contributed by atoms with van der Waals surface area (Å²) in [4.78, 5) is 0. The summed E-state index contributed by atoms with van der Waals surface area (Å²) >= 11 is 0. The first-order valence-electron chi connectivity index (χ1n) is 6.52. The lowest BCUT2D eigenvalue weighted by atomic mass is 9.90. The van der Waals surface area contributed by atoms with Crippen LogP contribution in [0.25, 0.3) is 0 Å². The smallest absolute Gasteiger partial charge is 0.121 e. The maximum absolute atomic E-state index is 5.51. The number of nitrogens with one attached hydrogen (secondary N) is 2. The quantitative estimate of drug-likeness (QED) is 0.836. The van der Waals surface area contributed by atoms with Gasteiger partial charge in [-0.05, 0) is 31.9 Å². The molecule has 0 aliphatic carbocycles. The molecule has 2 rings (SSSR count). The highest BCUT2D eigenvalue weighted by Crippen LogP contribution is 2.35. The van der Waals surface area contributed by atoms with Crippen LogP contribution in [0.15, 0.2) is 18.2 Å². The molecule has 1 aromatic rings. The van der Waals surface area contributed by atoms with E-state index in [-0.39, 0.29) is 5.54 Å². The molecule has 0 aromatic heterocycles. The largest absolute Gasteiger partial charge is 0.494 e. The molecule has 0 radical (unpaired) electrons. The van der Waals surface area contributed by atoms with Crippen LogP contribution in [0.1, 0.15) is 33.6 Å². The van der Waals surface area contributed by atoms with Gasteiger partial charge in [-0.2, -0.15) is 0 Å². The number of hydrogen-bond acceptors (Lipinski definition) is 3. The van der Waals surface area contributed by atoms with E-state index in [1.807, 2.05) is 13.0 Å². The predicted octanol–water partition coefficient (Wildman–Crippen LogP) is 3.48. The van der Waals surface area contributed by atoms with Crippen LogP contribution in [-0.4, -0.2) is 18.7 Å². The van der Waals surface area contributed by atoms with Crippen LogP contribution in [0.4, 0.5) is 11.4 Å². The van der Waals surface area contributed by atoms with E-state index < -0.39 is 0 Å². The van der Waals surface area contributed by atoms with Crippen molar-refractivity contribution >= 4 is 11.4 Å². The second kappa shape index (κ2) is 4.86. The summed E-state index contributed by atoms with van der Waals surface area (Å²) in [7, 11) is 0. The molecule has 1 heterocycles. The average molecular weight is 234 g/mol. The third-order valence-corrected chi connectivity index (χ3v) is 3.67. The van der Waals surface area contributed by atoms with Gasteiger partial charge in [0.25, 0.3) is 0 Å². The van der Waals surface area contributed by atoms with Crippen molar-refractivity contribution in [3.8, 4) is 5.75 Å². The van der Waals surface area contributed by atoms with Crippen LogP contribution in [0, 0.1) is 0 Å². The fraction of sp³-hybridized carbons (Fsp3) is 0.571. The normalized spacial score (nSPS) is 16.6. The fourth-order valence-electron chi connectivity index (χ4n) is 2.31. The predicted molar refractivity (Wildman–Crippen MR) is 73.0 cm³/mol. The Morgan fingerprint density at radius 2 is 1.94 bits per heavy atom. The third kappa shape index (κ3) is 2.33. The van der Waals surface area contributed by atoms with Crippen molar-refractivity contribution < 1.29 is 4.74 Å². The molecule has 0 saturated carbocycles. The Morgan fingerprint density at radius 3 is 2.59 bits per heavy atom. The van der Waals surface area contributed by atoms with Gasteiger partial charge in [-0.3, -0.25) is 0 Å². The topological polar surface area (TPSA) is 33.3 Å². The molecule has 0 saturated heterocycles. The second-order valence-corrected chi connectivity index (χ2v) is 4.61. The molecule has 3 nitrogen and oxygen atoms in total. The van der Waals surface area contributed by atoms with Gasteiger partial charge in [0.05, 0.1) is 23.5 Å². The molecule has 0 unspecified atom stereocenters.